The first-order chi connectivity index (χ1) is 10.6. The van der Waals surface area contributed by atoms with Gasteiger partial charge in [-0.3, -0.25) is 0 Å². The molecule has 22 heavy (non-hydrogen) atoms. The van der Waals surface area contributed by atoms with Crippen molar-refractivity contribution in [1.29, 1.82) is 0 Å². The van der Waals surface area contributed by atoms with Crippen LogP contribution in [-0.4, -0.2) is 4.98 Å². The second kappa shape index (κ2) is 6.84. The Morgan fingerprint density at radius 2 is 2.05 bits per heavy atom. The van der Waals surface area contributed by atoms with Crippen LogP contribution in [0, 0.1) is 6.92 Å². The molecule has 0 saturated carbocycles. The number of halogens is 2. The number of nitrogens with zero attached hydrogens (tertiary/aromatic N) is 1. The number of hydrogen-bond donors (Lipinski definition) is 1. The minimum absolute atomic E-state index is 0.645. The fourth-order valence-electron chi connectivity index (χ4n) is 2.04. The summed E-state index contributed by atoms with van der Waals surface area (Å²) in [5.74, 6) is 1.77. The number of benzene rings is 1. The van der Waals surface area contributed by atoms with Crippen LogP contribution < -0.4 is 5.32 Å². The third-order valence-electron chi connectivity index (χ3n) is 3.14. The molecule has 0 atom stereocenters. The molecule has 0 bridgehead atoms. The van der Waals surface area contributed by atoms with Gasteiger partial charge in [-0.25, -0.2) is 4.98 Å². The molecule has 114 valence electrons. The molecule has 0 aliphatic heterocycles. The van der Waals surface area contributed by atoms with Gasteiger partial charge >= 0.3 is 0 Å². The molecule has 0 unspecified atom stereocenters. The highest BCUT2D eigenvalue weighted by Crippen LogP contribution is 2.27. The number of nitrogens with one attached hydrogen (secondary N) is 1. The summed E-state index contributed by atoms with van der Waals surface area (Å²) in [6.07, 6.45) is 1.84. The Labute approximate surface area is 142 Å². The highest BCUT2D eigenvalue weighted by Gasteiger charge is 2.08. The fraction of sp³-hybridized carbons (Fsp3) is 0.188. The molecule has 1 aromatic carbocycles. The minimum atomic E-state index is 0.645. The quantitative estimate of drug-likeness (QED) is 0.676. The van der Waals surface area contributed by atoms with E-state index < -0.39 is 0 Å². The molecule has 0 spiro atoms. The topological polar surface area (TPSA) is 38.1 Å². The molecular weight excluding hydrogens is 339 g/mol. The third-order valence-corrected chi connectivity index (χ3v) is 4.74. The molecule has 0 fully saturated rings. The largest absolute Gasteiger partial charge is 0.460 e. The van der Waals surface area contributed by atoms with E-state index in [1.54, 1.807) is 17.4 Å². The van der Waals surface area contributed by atoms with Crippen LogP contribution >= 0.6 is 34.5 Å². The van der Waals surface area contributed by atoms with E-state index >= 15 is 0 Å². The van der Waals surface area contributed by atoms with Crippen molar-refractivity contribution in [3.8, 4) is 10.6 Å². The Kier molecular flexibility index (Phi) is 4.84. The molecule has 3 nitrogen and oxygen atoms in total. The maximum Gasteiger partial charge on any atom is 0.145 e. The lowest BCUT2D eigenvalue weighted by Crippen LogP contribution is -2.12. The Morgan fingerprint density at radius 1 is 1.18 bits per heavy atom. The van der Waals surface area contributed by atoms with Crippen LogP contribution in [0.15, 0.2) is 40.9 Å². The predicted molar refractivity (Wildman–Crippen MR) is 91.6 cm³/mol. The average Bonchev–Trinajstić information content (AvgIpc) is 3.10. The number of aryl methyl sites for hydroxylation is 1. The molecule has 0 aliphatic rings. The van der Waals surface area contributed by atoms with Gasteiger partial charge in [0.05, 0.1) is 4.88 Å². The van der Waals surface area contributed by atoms with Crippen molar-refractivity contribution in [3.05, 3.63) is 62.9 Å². The summed E-state index contributed by atoms with van der Waals surface area (Å²) in [4.78, 5) is 5.45. The van der Waals surface area contributed by atoms with E-state index in [2.05, 4.69) is 10.3 Å². The smallest absolute Gasteiger partial charge is 0.145 e. The first-order valence-corrected chi connectivity index (χ1v) is 8.35. The zero-order chi connectivity index (χ0) is 15.5. The minimum Gasteiger partial charge on any atom is -0.460 e. The van der Waals surface area contributed by atoms with Gasteiger partial charge in [-0.2, -0.15) is 0 Å². The number of thiazole rings is 1. The van der Waals surface area contributed by atoms with Crippen molar-refractivity contribution >= 4 is 34.5 Å². The van der Waals surface area contributed by atoms with Crippen molar-refractivity contribution in [2.75, 3.05) is 0 Å². The molecule has 3 aromatic rings. The van der Waals surface area contributed by atoms with Crippen LogP contribution in [0.5, 0.6) is 0 Å². The summed E-state index contributed by atoms with van der Waals surface area (Å²) in [6, 6.07) is 9.44. The lowest BCUT2D eigenvalue weighted by Gasteiger charge is -2.05. The van der Waals surface area contributed by atoms with Crippen LogP contribution in [-0.2, 0) is 13.1 Å². The predicted octanol–water partition coefficient (Wildman–Crippen LogP) is 5.31. The lowest BCUT2D eigenvalue weighted by atomic mass is 10.2. The lowest BCUT2D eigenvalue weighted by molar-refractivity contribution is 0.549. The monoisotopic (exact) mass is 352 g/mol. The molecule has 2 aromatic heterocycles. The third kappa shape index (κ3) is 3.70. The Morgan fingerprint density at radius 3 is 2.77 bits per heavy atom. The fourth-order valence-corrected chi connectivity index (χ4v) is 3.37. The van der Waals surface area contributed by atoms with E-state index in [0.717, 1.165) is 27.0 Å². The van der Waals surface area contributed by atoms with E-state index in [1.165, 1.54) is 0 Å². The van der Waals surface area contributed by atoms with Crippen LogP contribution in [0.25, 0.3) is 10.6 Å². The summed E-state index contributed by atoms with van der Waals surface area (Å²) >= 11 is 13.7. The summed E-state index contributed by atoms with van der Waals surface area (Å²) in [7, 11) is 0. The van der Waals surface area contributed by atoms with E-state index in [1.807, 2.05) is 37.4 Å². The molecule has 3 rings (SSSR count). The Hall–Kier alpha value is -1.33. The standard InChI is InChI=1S/C16H14Cl2N2OS/c1-10-2-5-14(21-10)15-8-20-16(22-15)9-19-7-11-3-4-12(17)6-13(11)18/h2-6,8,19H,7,9H2,1H3. The van der Waals surface area contributed by atoms with Gasteiger partial charge in [0.15, 0.2) is 0 Å². The molecule has 1 N–H and O–H groups in total. The van der Waals surface area contributed by atoms with Crippen LogP contribution in [0.1, 0.15) is 16.3 Å². The summed E-state index contributed by atoms with van der Waals surface area (Å²) < 4.78 is 5.60. The zero-order valence-electron chi connectivity index (χ0n) is 11.9. The SMILES string of the molecule is Cc1ccc(-c2cnc(CNCc3ccc(Cl)cc3Cl)s2)o1. The number of rotatable bonds is 5. The molecule has 0 amide bonds. The van der Waals surface area contributed by atoms with Crippen molar-refractivity contribution in [3.63, 3.8) is 0 Å². The van der Waals surface area contributed by atoms with E-state index in [0.29, 0.717) is 23.1 Å². The van der Waals surface area contributed by atoms with Gasteiger partial charge in [-0.05, 0) is 36.8 Å². The van der Waals surface area contributed by atoms with Crippen molar-refractivity contribution in [1.82, 2.24) is 10.3 Å². The molecule has 0 radical (unpaired) electrons. The molecule has 0 saturated heterocycles. The van der Waals surface area contributed by atoms with Crippen molar-refractivity contribution in [2.24, 2.45) is 0 Å². The van der Waals surface area contributed by atoms with Crippen molar-refractivity contribution in [2.45, 2.75) is 20.0 Å². The van der Waals surface area contributed by atoms with Gasteiger partial charge < -0.3 is 9.73 Å². The maximum absolute atomic E-state index is 6.15. The second-order valence-corrected chi connectivity index (χ2v) is 6.83. The number of hydrogen-bond acceptors (Lipinski definition) is 4. The number of furan rings is 1. The van der Waals surface area contributed by atoms with E-state index in [4.69, 9.17) is 27.6 Å². The van der Waals surface area contributed by atoms with Gasteiger partial charge in [0, 0.05) is 29.3 Å². The van der Waals surface area contributed by atoms with Gasteiger partial charge in [0.1, 0.15) is 16.5 Å². The van der Waals surface area contributed by atoms with E-state index in [9.17, 15) is 0 Å². The normalized spacial score (nSPS) is 11.0. The Balaban J connectivity index is 1.59. The first-order valence-electron chi connectivity index (χ1n) is 6.78. The second-order valence-electron chi connectivity index (χ2n) is 4.87. The summed E-state index contributed by atoms with van der Waals surface area (Å²) in [5.41, 5.74) is 1.02. The average molecular weight is 353 g/mol. The number of aromatic nitrogens is 1. The first kappa shape index (κ1) is 15.6. The highest BCUT2D eigenvalue weighted by atomic mass is 35.5. The summed E-state index contributed by atoms with van der Waals surface area (Å²) in [5, 5.41) is 5.66. The van der Waals surface area contributed by atoms with Gasteiger partial charge in [0.25, 0.3) is 0 Å². The van der Waals surface area contributed by atoms with Crippen LogP contribution in [0.4, 0.5) is 0 Å². The Bertz CT molecular complexity index is 782. The van der Waals surface area contributed by atoms with Gasteiger partial charge in [-0.1, -0.05) is 29.3 Å². The zero-order valence-corrected chi connectivity index (χ0v) is 14.2. The molecule has 2 heterocycles. The molecule has 6 heteroatoms. The molecule has 0 aliphatic carbocycles. The van der Waals surface area contributed by atoms with E-state index in [-0.39, 0.29) is 0 Å². The maximum atomic E-state index is 6.15. The van der Waals surface area contributed by atoms with Gasteiger partial charge in [-0.15, -0.1) is 11.3 Å². The van der Waals surface area contributed by atoms with Crippen LogP contribution in [0.3, 0.4) is 0 Å². The van der Waals surface area contributed by atoms with Gasteiger partial charge in [0.2, 0.25) is 0 Å². The highest BCUT2D eigenvalue weighted by molar-refractivity contribution is 7.15. The van der Waals surface area contributed by atoms with Crippen molar-refractivity contribution < 1.29 is 4.42 Å². The van der Waals surface area contributed by atoms with Crippen LogP contribution in [0.2, 0.25) is 10.0 Å². The molecular formula is C16H14Cl2N2OS. The summed E-state index contributed by atoms with van der Waals surface area (Å²) in [6.45, 7) is 3.29.